The Morgan fingerprint density at radius 3 is 2.83 bits per heavy atom. The number of hydrogen-bond acceptors (Lipinski definition) is 6. The molecule has 2 aliphatic heterocycles. The molecule has 3 rings (SSSR count). The van der Waals surface area contributed by atoms with Crippen molar-refractivity contribution in [1.29, 1.82) is 0 Å². The van der Waals surface area contributed by atoms with Crippen molar-refractivity contribution in [2.24, 2.45) is 10.7 Å². The summed E-state index contributed by atoms with van der Waals surface area (Å²) in [6, 6.07) is 0. The number of aromatic nitrogens is 2. The molecule has 0 aliphatic carbocycles. The molecule has 0 radical (unpaired) electrons. The van der Waals surface area contributed by atoms with Crippen molar-refractivity contribution in [3.63, 3.8) is 0 Å². The number of carbonyl (C=O) groups excluding carboxylic acids is 2. The highest BCUT2D eigenvalue weighted by molar-refractivity contribution is 7.99. The highest BCUT2D eigenvalue weighted by Gasteiger charge is 2.38. The van der Waals surface area contributed by atoms with Crippen LogP contribution in [-0.2, 0) is 11.3 Å². The van der Waals surface area contributed by atoms with Crippen LogP contribution in [0.1, 0.15) is 44.1 Å². The molecule has 1 unspecified atom stereocenters. The molecule has 0 saturated carbocycles. The van der Waals surface area contributed by atoms with E-state index in [1.807, 2.05) is 31.4 Å². The average Bonchev–Trinajstić information content (AvgIpc) is 3.30. The van der Waals surface area contributed by atoms with E-state index in [-0.39, 0.29) is 24.2 Å². The van der Waals surface area contributed by atoms with Gasteiger partial charge in [-0.2, -0.15) is 0 Å². The van der Waals surface area contributed by atoms with Gasteiger partial charge in [0, 0.05) is 31.2 Å². The van der Waals surface area contributed by atoms with Gasteiger partial charge in [-0.3, -0.25) is 14.5 Å². The van der Waals surface area contributed by atoms with Crippen molar-refractivity contribution < 1.29 is 9.59 Å². The Morgan fingerprint density at radius 1 is 1.50 bits per heavy atom. The maximum absolute atomic E-state index is 12.7. The molecular weight excluding hydrogens is 400 g/mol. The highest BCUT2D eigenvalue weighted by Crippen LogP contribution is 2.35. The maximum atomic E-state index is 12.7. The monoisotopic (exact) mass is 428 g/mol. The zero-order valence-corrected chi connectivity index (χ0v) is 18.7. The fourth-order valence-electron chi connectivity index (χ4n) is 3.45. The van der Waals surface area contributed by atoms with E-state index >= 15 is 0 Å². The predicted octanol–water partition coefficient (Wildman–Crippen LogP) is 2.45. The second-order valence-electron chi connectivity index (χ2n) is 7.54. The maximum Gasteiger partial charge on any atom is 0.275 e. The molecule has 1 aromatic heterocycles. The van der Waals surface area contributed by atoms with E-state index in [0.717, 1.165) is 28.6 Å². The van der Waals surface area contributed by atoms with E-state index in [1.165, 1.54) is 4.90 Å². The first-order valence-corrected chi connectivity index (χ1v) is 10.9. The molecular formula is C21H28N6O2S. The molecule has 2 amide bonds. The molecule has 3 N–H and O–H groups in total. The lowest BCUT2D eigenvalue weighted by Crippen LogP contribution is -2.49. The molecule has 0 fully saturated rings. The van der Waals surface area contributed by atoms with Gasteiger partial charge in [-0.25, -0.2) is 9.98 Å². The molecule has 160 valence electrons. The zero-order valence-electron chi connectivity index (χ0n) is 17.9. The largest absolute Gasteiger partial charge is 0.369 e. The van der Waals surface area contributed by atoms with Gasteiger partial charge in [0.15, 0.2) is 11.1 Å². The van der Waals surface area contributed by atoms with Crippen LogP contribution in [0.2, 0.25) is 0 Å². The quantitative estimate of drug-likeness (QED) is 0.677. The fraction of sp³-hybridized carbons (Fsp3) is 0.429. The lowest BCUT2D eigenvalue weighted by molar-refractivity contribution is -0.128. The number of nitrogens with two attached hydrogens (primary N) is 1. The first-order chi connectivity index (χ1) is 14.2. The fourth-order valence-corrected chi connectivity index (χ4v) is 4.40. The second kappa shape index (κ2) is 8.51. The molecule has 2 aliphatic rings. The number of thioether (sulfide) groups is 1. The van der Waals surface area contributed by atoms with Crippen molar-refractivity contribution in [3.05, 3.63) is 47.5 Å². The first kappa shape index (κ1) is 21.9. The van der Waals surface area contributed by atoms with Gasteiger partial charge in [0.05, 0.1) is 12.0 Å². The van der Waals surface area contributed by atoms with Crippen molar-refractivity contribution in [3.8, 4) is 0 Å². The first-order valence-electron chi connectivity index (χ1n) is 9.88. The summed E-state index contributed by atoms with van der Waals surface area (Å²) in [6.45, 7) is 10.7. The molecule has 0 aromatic carbocycles. The predicted molar refractivity (Wildman–Crippen MR) is 119 cm³/mol. The third kappa shape index (κ3) is 4.21. The highest BCUT2D eigenvalue weighted by atomic mass is 32.2. The van der Waals surface area contributed by atoms with Crippen LogP contribution in [-0.4, -0.2) is 50.6 Å². The normalized spacial score (nSPS) is 22.1. The summed E-state index contributed by atoms with van der Waals surface area (Å²) in [6.07, 6.45) is 6.25. The van der Waals surface area contributed by atoms with Gasteiger partial charge >= 0.3 is 0 Å². The number of hydrogen-bond donors (Lipinski definition) is 2. The van der Waals surface area contributed by atoms with Crippen LogP contribution in [0.15, 0.2) is 51.9 Å². The Morgan fingerprint density at radius 2 is 2.23 bits per heavy atom. The number of nitrogens with zero attached hydrogens (tertiary/aromatic N) is 4. The SMILES string of the molecule is C=C(CC)/C(=C\C(=C/C)NC(=O)c1cn2c(n1)SCC2)C1(C)CC(=O)N(C)C(N)=N1. The van der Waals surface area contributed by atoms with Crippen LogP contribution in [0.3, 0.4) is 0 Å². The summed E-state index contributed by atoms with van der Waals surface area (Å²) in [4.78, 5) is 35.5. The third-order valence-corrected chi connectivity index (χ3v) is 6.34. The Hall–Kier alpha value is -2.81. The topological polar surface area (TPSA) is 106 Å². The van der Waals surface area contributed by atoms with Gasteiger partial charge in [-0.1, -0.05) is 31.3 Å². The third-order valence-electron chi connectivity index (χ3n) is 5.37. The number of fused-ring (bicyclic) bond motifs is 1. The molecule has 0 bridgehead atoms. The van der Waals surface area contributed by atoms with Crippen molar-refractivity contribution in [1.82, 2.24) is 19.8 Å². The van der Waals surface area contributed by atoms with E-state index in [9.17, 15) is 9.59 Å². The van der Waals surface area contributed by atoms with Gasteiger partial charge in [-0.05, 0) is 37.5 Å². The van der Waals surface area contributed by atoms with E-state index in [0.29, 0.717) is 17.8 Å². The molecule has 0 spiro atoms. The number of aryl methyl sites for hydroxylation is 1. The molecule has 3 heterocycles. The number of allylic oxidation sites excluding steroid dienone is 2. The van der Waals surface area contributed by atoms with Crippen LogP contribution in [0, 0.1) is 0 Å². The summed E-state index contributed by atoms with van der Waals surface area (Å²) < 4.78 is 1.98. The minimum atomic E-state index is -0.855. The van der Waals surface area contributed by atoms with Gasteiger partial charge in [-0.15, -0.1) is 0 Å². The molecule has 9 heteroatoms. The van der Waals surface area contributed by atoms with Gasteiger partial charge in [0.25, 0.3) is 5.91 Å². The number of rotatable bonds is 6. The average molecular weight is 429 g/mol. The van der Waals surface area contributed by atoms with E-state index < -0.39 is 5.54 Å². The van der Waals surface area contributed by atoms with Crippen LogP contribution < -0.4 is 11.1 Å². The molecule has 1 atom stereocenters. The minimum absolute atomic E-state index is 0.115. The van der Waals surface area contributed by atoms with Crippen molar-refractivity contribution in [2.75, 3.05) is 12.8 Å². The summed E-state index contributed by atoms with van der Waals surface area (Å²) in [5.41, 5.74) is 7.69. The van der Waals surface area contributed by atoms with Crippen molar-refractivity contribution >= 4 is 29.5 Å². The number of nitrogens with one attached hydrogen (secondary N) is 1. The Labute approximate surface area is 181 Å². The van der Waals surface area contributed by atoms with Crippen LogP contribution in [0.4, 0.5) is 0 Å². The van der Waals surface area contributed by atoms with E-state index in [1.54, 1.807) is 31.1 Å². The number of guanidine groups is 1. The summed E-state index contributed by atoms with van der Waals surface area (Å²) in [7, 11) is 1.61. The Kier molecular flexibility index (Phi) is 6.21. The minimum Gasteiger partial charge on any atom is -0.369 e. The van der Waals surface area contributed by atoms with Gasteiger partial charge in [0.1, 0.15) is 5.69 Å². The van der Waals surface area contributed by atoms with Crippen LogP contribution in [0.25, 0.3) is 0 Å². The van der Waals surface area contributed by atoms with Crippen LogP contribution >= 0.6 is 11.8 Å². The second-order valence-corrected chi connectivity index (χ2v) is 8.60. The number of amides is 2. The van der Waals surface area contributed by atoms with Gasteiger partial charge in [0.2, 0.25) is 5.91 Å². The Bertz CT molecular complexity index is 968. The number of aliphatic imine (C=N–C) groups is 1. The van der Waals surface area contributed by atoms with Gasteiger partial charge < -0.3 is 15.6 Å². The lowest BCUT2D eigenvalue weighted by Gasteiger charge is -2.36. The molecule has 30 heavy (non-hydrogen) atoms. The molecule has 0 saturated heterocycles. The van der Waals surface area contributed by atoms with E-state index in [2.05, 4.69) is 21.9 Å². The molecule has 1 aromatic rings. The van der Waals surface area contributed by atoms with Crippen molar-refractivity contribution in [2.45, 2.75) is 50.9 Å². The smallest absolute Gasteiger partial charge is 0.275 e. The summed E-state index contributed by atoms with van der Waals surface area (Å²) >= 11 is 1.64. The van der Waals surface area contributed by atoms with E-state index in [4.69, 9.17) is 5.73 Å². The number of carbonyl (C=O) groups is 2. The standard InChI is InChI=1S/C21H28N6O2S/c1-6-13(3)15(21(4)11-17(28)26(5)19(22)25-21)10-14(7-2)23-18(29)16-12-27-8-9-30-20(27)24-16/h7,10,12H,3,6,8-9,11H2,1-2,4-5H3,(H2,22,25)(H,23,29)/b14-7+,15-10+. The summed E-state index contributed by atoms with van der Waals surface area (Å²) in [5.74, 6) is 0.748. The Balaban J connectivity index is 1.90. The number of imidazole rings is 1. The van der Waals surface area contributed by atoms with Crippen LogP contribution in [0.5, 0.6) is 0 Å². The molecule has 8 nitrogen and oxygen atoms in total. The zero-order chi connectivity index (χ0) is 22.1. The summed E-state index contributed by atoms with van der Waals surface area (Å²) in [5, 5.41) is 3.77. The lowest BCUT2D eigenvalue weighted by atomic mass is 9.81.